The van der Waals surface area contributed by atoms with E-state index in [9.17, 15) is 0 Å². The Bertz CT molecular complexity index is 337. The minimum Gasteiger partial charge on any atom is -0.396 e. The fraction of sp³-hybridized carbons (Fsp3) is 0.545. The van der Waals surface area contributed by atoms with Crippen LogP contribution in [0.2, 0.25) is 0 Å². The SMILES string of the molecule is Cc1ccc(N)c(NC(C)(C)CCO)n1. The van der Waals surface area contributed by atoms with Gasteiger partial charge in [0.25, 0.3) is 0 Å². The van der Waals surface area contributed by atoms with Crippen LogP contribution in [0.3, 0.4) is 0 Å². The molecular weight excluding hydrogens is 190 g/mol. The van der Waals surface area contributed by atoms with E-state index in [1.807, 2.05) is 32.9 Å². The van der Waals surface area contributed by atoms with Crippen molar-refractivity contribution in [3.8, 4) is 0 Å². The van der Waals surface area contributed by atoms with Crippen LogP contribution >= 0.6 is 0 Å². The molecule has 84 valence electrons. The molecular formula is C11H19N3O. The topological polar surface area (TPSA) is 71.2 Å². The summed E-state index contributed by atoms with van der Waals surface area (Å²) in [4.78, 5) is 4.32. The van der Waals surface area contributed by atoms with Gasteiger partial charge in [0.2, 0.25) is 0 Å². The van der Waals surface area contributed by atoms with Gasteiger partial charge in [-0.1, -0.05) is 0 Å². The molecule has 1 rings (SSSR count). The van der Waals surface area contributed by atoms with Crippen molar-refractivity contribution < 1.29 is 5.11 Å². The van der Waals surface area contributed by atoms with Crippen LogP contribution in [0.15, 0.2) is 12.1 Å². The highest BCUT2D eigenvalue weighted by atomic mass is 16.3. The number of anilines is 2. The summed E-state index contributed by atoms with van der Waals surface area (Å²) in [5.41, 5.74) is 7.15. The number of hydrogen-bond acceptors (Lipinski definition) is 4. The molecule has 0 aromatic carbocycles. The molecule has 0 bridgehead atoms. The third-order valence-electron chi connectivity index (χ3n) is 2.26. The number of aryl methyl sites for hydroxylation is 1. The van der Waals surface area contributed by atoms with Gasteiger partial charge in [0, 0.05) is 17.8 Å². The maximum atomic E-state index is 8.91. The zero-order chi connectivity index (χ0) is 11.5. The predicted molar refractivity (Wildman–Crippen MR) is 62.8 cm³/mol. The highest BCUT2D eigenvalue weighted by Gasteiger charge is 2.18. The van der Waals surface area contributed by atoms with Gasteiger partial charge in [-0.15, -0.1) is 0 Å². The Morgan fingerprint density at radius 2 is 2.13 bits per heavy atom. The molecule has 4 N–H and O–H groups in total. The van der Waals surface area contributed by atoms with Crippen LogP contribution < -0.4 is 11.1 Å². The Hall–Kier alpha value is -1.29. The zero-order valence-corrected chi connectivity index (χ0v) is 9.54. The summed E-state index contributed by atoms with van der Waals surface area (Å²) in [6.45, 7) is 6.08. The van der Waals surface area contributed by atoms with E-state index in [-0.39, 0.29) is 12.1 Å². The summed E-state index contributed by atoms with van der Waals surface area (Å²) in [5, 5.41) is 12.1. The van der Waals surface area contributed by atoms with Gasteiger partial charge in [-0.05, 0) is 39.3 Å². The zero-order valence-electron chi connectivity index (χ0n) is 9.54. The van der Waals surface area contributed by atoms with Crippen molar-refractivity contribution in [3.05, 3.63) is 17.8 Å². The monoisotopic (exact) mass is 209 g/mol. The first-order valence-corrected chi connectivity index (χ1v) is 5.07. The first-order valence-electron chi connectivity index (χ1n) is 5.07. The van der Waals surface area contributed by atoms with E-state index < -0.39 is 0 Å². The maximum Gasteiger partial charge on any atom is 0.149 e. The van der Waals surface area contributed by atoms with Crippen molar-refractivity contribution in [3.63, 3.8) is 0 Å². The Balaban J connectivity index is 2.83. The molecule has 0 aliphatic heterocycles. The van der Waals surface area contributed by atoms with Crippen LogP contribution in [-0.4, -0.2) is 22.2 Å². The third-order valence-corrected chi connectivity index (χ3v) is 2.26. The minimum atomic E-state index is -0.205. The second kappa shape index (κ2) is 4.49. The van der Waals surface area contributed by atoms with Crippen molar-refractivity contribution in [2.45, 2.75) is 32.7 Å². The summed E-state index contributed by atoms with van der Waals surface area (Å²) in [6.07, 6.45) is 0.655. The molecule has 1 heterocycles. The number of aliphatic hydroxyl groups excluding tert-OH is 1. The summed E-state index contributed by atoms with van der Waals surface area (Å²) in [5.74, 6) is 0.688. The van der Waals surface area contributed by atoms with Crippen LogP contribution in [-0.2, 0) is 0 Å². The van der Waals surface area contributed by atoms with Gasteiger partial charge in [0.15, 0.2) is 0 Å². The summed E-state index contributed by atoms with van der Waals surface area (Å²) < 4.78 is 0. The molecule has 0 saturated heterocycles. The highest BCUT2D eigenvalue weighted by Crippen LogP contribution is 2.21. The number of pyridine rings is 1. The van der Waals surface area contributed by atoms with Crippen molar-refractivity contribution in [2.24, 2.45) is 0 Å². The summed E-state index contributed by atoms with van der Waals surface area (Å²) >= 11 is 0. The average Bonchev–Trinajstić information content (AvgIpc) is 2.10. The van der Waals surface area contributed by atoms with E-state index in [2.05, 4.69) is 10.3 Å². The number of nitrogen functional groups attached to an aromatic ring is 1. The molecule has 0 unspecified atom stereocenters. The fourth-order valence-electron chi connectivity index (χ4n) is 1.33. The Kier molecular flexibility index (Phi) is 3.52. The van der Waals surface area contributed by atoms with Crippen LogP contribution in [0.1, 0.15) is 26.0 Å². The minimum absolute atomic E-state index is 0.145. The quantitative estimate of drug-likeness (QED) is 0.703. The molecule has 0 saturated carbocycles. The van der Waals surface area contributed by atoms with Crippen LogP contribution in [0.25, 0.3) is 0 Å². The Labute approximate surface area is 90.5 Å². The smallest absolute Gasteiger partial charge is 0.149 e. The second-order valence-corrected chi connectivity index (χ2v) is 4.37. The van der Waals surface area contributed by atoms with Gasteiger partial charge in [-0.2, -0.15) is 0 Å². The van der Waals surface area contributed by atoms with Crippen LogP contribution in [0.4, 0.5) is 11.5 Å². The number of aliphatic hydroxyl groups is 1. The average molecular weight is 209 g/mol. The van der Waals surface area contributed by atoms with E-state index >= 15 is 0 Å². The first-order chi connectivity index (χ1) is 6.94. The van der Waals surface area contributed by atoms with Gasteiger partial charge in [0.1, 0.15) is 5.82 Å². The molecule has 4 nitrogen and oxygen atoms in total. The second-order valence-electron chi connectivity index (χ2n) is 4.37. The molecule has 1 aromatic rings. The summed E-state index contributed by atoms with van der Waals surface area (Å²) in [7, 11) is 0. The van der Waals surface area contributed by atoms with E-state index in [1.54, 1.807) is 0 Å². The number of nitrogens with zero attached hydrogens (tertiary/aromatic N) is 1. The van der Waals surface area contributed by atoms with Gasteiger partial charge in [0.05, 0.1) is 5.69 Å². The molecule has 0 aliphatic carbocycles. The van der Waals surface area contributed by atoms with E-state index in [4.69, 9.17) is 10.8 Å². The molecule has 0 atom stereocenters. The molecule has 0 spiro atoms. The highest BCUT2D eigenvalue weighted by molar-refractivity contribution is 5.62. The summed E-state index contributed by atoms with van der Waals surface area (Å²) in [6, 6.07) is 3.71. The third kappa shape index (κ3) is 3.40. The number of rotatable bonds is 4. The fourth-order valence-corrected chi connectivity index (χ4v) is 1.33. The predicted octanol–water partition coefficient (Wildman–Crippen LogP) is 1.55. The molecule has 4 heteroatoms. The number of aromatic nitrogens is 1. The van der Waals surface area contributed by atoms with Gasteiger partial charge < -0.3 is 16.2 Å². The lowest BCUT2D eigenvalue weighted by atomic mass is 10.0. The van der Waals surface area contributed by atoms with Crippen LogP contribution in [0, 0.1) is 6.92 Å². The molecule has 0 radical (unpaired) electrons. The molecule has 1 aromatic heterocycles. The molecule has 0 aliphatic rings. The van der Waals surface area contributed by atoms with E-state index in [0.717, 1.165) is 5.69 Å². The first kappa shape index (κ1) is 11.8. The standard InChI is InChI=1S/C11H19N3O/c1-8-4-5-9(12)10(13-8)14-11(2,3)6-7-15/h4-5,15H,6-7,12H2,1-3H3,(H,13,14). The lowest BCUT2D eigenvalue weighted by molar-refractivity contribution is 0.260. The van der Waals surface area contributed by atoms with E-state index in [0.29, 0.717) is 17.9 Å². The van der Waals surface area contributed by atoms with Crippen LogP contribution in [0.5, 0.6) is 0 Å². The Morgan fingerprint density at radius 1 is 1.47 bits per heavy atom. The molecule has 0 amide bonds. The lowest BCUT2D eigenvalue weighted by Gasteiger charge is -2.26. The molecule has 0 fully saturated rings. The van der Waals surface area contributed by atoms with Gasteiger partial charge in [-0.25, -0.2) is 4.98 Å². The van der Waals surface area contributed by atoms with E-state index in [1.165, 1.54) is 0 Å². The maximum absolute atomic E-state index is 8.91. The largest absolute Gasteiger partial charge is 0.396 e. The lowest BCUT2D eigenvalue weighted by Crippen LogP contribution is -2.32. The molecule has 15 heavy (non-hydrogen) atoms. The van der Waals surface area contributed by atoms with Crippen molar-refractivity contribution in [1.29, 1.82) is 0 Å². The normalized spacial score (nSPS) is 11.5. The van der Waals surface area contributed by atoms with Crippen molar-refractivity contribution in [2.75, 3.05) is 17.7 Å². The van der Waals surface area contributed by atoms with Crippen molar-refractivity contribution >= 4 is 11.5 Å². The number of nitrogens with two attached hydrogens (primary N) is 1. The number of nitrogens with one attached hydrogen (secondary N) is 1. The van der Waals surface area contributed by atoms with Crippen molar-refractivity contribution in [1.82, 2.24) is 4.98 Å². The Morgan fingerprint density at radius 3 is 2.73 bits per heavy atom. The number of hydrogen-bond donors (Lipinski definition) is 3. The van der Waals surface area contributed by atoms with Gasteiger partial charge in [-0.3, -0.25) is 0 Å². The van der Waals surface area contributed by atoms with Gasteiger partial charge >= 0.3 is 0 Å².